The van der Waals surface area contributed by atoms with Crippen LogP contribution in [-0.2, 0) is 4.74 Å². The molecule has 6 heteroatoms. The van der Waals surface area contributed by atoms with E-state index in [0.717, 1.165) is 44.9 Å². The van der Waals surface area contributed by atoms with E-state index >= 15 is 0 Å². The van der Waals surface area contributed by atoms with Crippen molar-refractivity contribution in [1.29, 1.82) is 0 Å². The molecule has 1 unspecified atom stereocenters. The summed E-state index contributed by atoms with van der Waals surface area (Å²) >= 11 is 0. The number of rotatable bonds is 20. The number of carbonyl (C=O) groups excluding carboxylic acids is 2. The number of allylic oxidation sites excluding steroid dienone is 1. The summed E-state index contributed by atoms with van der Waals surface area (Å²) in [5.74, 6) is -0.0904. The molecule has 2 aromatic rings. The molecular formula is C32H43FO5. The second kappa shape index (κ2) is 19.0. The van der Waals surface area contributed by atoms with Gasteiger partial charge in [-0.2, -0.15) is 0 Å². The summed E-state index contributed by atoms with van der Waals surface area (Å²) in [4.78, 5) is 24.6. The van der Waals surface area contributed by atoms with E-state index in [0.29, 0.717) is 30.1 Å². The molecule has 0 saturated heterocycles. The third-order valence-corrected chi connectivity index (χ3v) is 6.23. The Morgan fingerprint density at radius 2 is 1.37 bits per heavy atom. The van der Waals surface area contributed by atoms with Crippen LogP contribution in [0.4, 0.5) is 4.39 Å². The van der Waals surface area contributed by atoms with Crippen molar-refractivity contribution >= 4 is 11.9 Å². The summed E-state index contributed by atoms with van der Waals surface area (Å²) in [6, 6.07) is 12.9. The lowest BCUT2D eigenvalue weighted by Gasteiger charge is -2.10. The van der Waals surface area contributed by atoms with Crippen LogP contribution >= 0.6 is 0 Å². The number of halogens is 1. The van der Waals surface area contributed by atoms with E-state index < -0.39 is 18.1 Å². The fourth-order valence-corrected chi connectivity index (χ4v) is 3.93. The average molecular weight is 527 g/mol. The second-order valence-corrected chi connectivity index (χ2v) is 9.53. The number of unbranched alkanes of at least 4 members (excludes halogenated alkanes) is 9. The first-order valence-corrected chi connectivity index (χ1v) is 14.0. The molecule has 5 nitrogen and oxygen atoms in total. The van der Waals surface area contributed by atoms with Gasteiger partial charge in [0.1, 0.15) is 24.3 Å². The minimum absolute atomic E-state index is 0.252. The van der Waals surface area contributed by atoms with E-state index in [9.17, 15) is 14.0 Å². The van der Waals surface area contributed by atoms with Gasteiger partial charge in [-0.3, -0.25) is 0 Å². The van der Waals surface area contributed by atoms with Crippen molar-refractivity contribution in [3.8, 4) is 11.5 Å². The van der Waals surface area contributed by atoms with Gasteiger partial charge in [0.2, 0.25) is 0 Å². The molecule has 0 aliphatic rings. The maximum atomic E-state index is 13.9. The van der Waals surface area contributed by atoms with Crippen molar-refractivity contribution < 1.29 is 28.2 Å². The van der Waals surface area contributed by atoms with Crippen LogP contribution in [0.15, 0.2) is 61.2 Å². The van der Waals surface area contributed by atoms with E-state index in [-0.39, 0.29) is 12.2 Å². The smallest absolute Gasteiger partial charge is 0.343 e. The minimum atomic E-state index is -1.16. The van der Waals surface area contributed by atoms with E-state index in [1.165, 1.54) is 49.9 Å². The summed E-state index contributed by atoms with van der Waals surface area (Å²) in [5, 5.41) is 0. The molecule has 0 spiro atoms. The molecule has 0 heterocycles. The van der Waals surface area contributed by atoms with Gasteiger partial charge in [0.05, 0.1) is 17.7 Å². The Balaban J connectivity index is 1.68. The summed E-state index contributed by atoms with van der Waals surface area (Å²) in [5.41, 5.74) is 0.672. The van der Waals surface area contributed by atoms with Gasteiger partial charge >= 0.3 is 11.9 Å². The van der Waals surface area contributed by atoms with Crippen LogP contribution in [0.25, 0.3) is 0 Å². The Morgan fingerprint density at radius 3 is 2.03 bits per heavy atom. The van der Waals surface area contributed by atoms with E-state index in [4.69, 9.17) is 14.2 Å². The normalized spacial score (nSPS) is 11.5. The molecule has 0 fully saturated rings. The highest BCUT2D eigenvalue weighted by Crippen LogP contribution is 2.18. The van der Waals surface area contributed by atoms with Crippen LogP contribution in [0.2, 0.25) is 0 Å². The maximum Gasteiger partial charge on any atom is 0.343 e. The lowest BCUT2D eigenvalue weighted by atomic mass is 10.1. The number of alkyl halides is 1. The highest BCUT2D eigenvalue weighted by Gasteiger charge is 2.14. The van der Waals surface area contributed by atoms with Crippen LogP contribution in [0.1, 0.15) is 105 Å². The molecule has 38 heavy (non-hydrogen) atoms. The van der Waals surface area contributed by atoms with E-state index in [1.807, 2.05) is 6.08 Å². The molecule has 1 atom stereocenters. The fraction of sp³-hybridized carbons (Fsp3) is 0.500. The van der Waals surface area contributed by atoms with Crippen molar-refractivity contribution in [3.63, 3.8) is 0 Å². The first kappa shape index (κ1) is 31.1. The lowest BCUT2D eigenvalue weighted by molar-refractivity contribution is 0.0389. The maximum absolute atomic E-state index is 13.9. The number of hydrogen-bond donors (Lipinski definition) is 0. The number of ether oxygens (including phenoxy) is 3. The summed E-state index contributed by atoms with van der Waals surface area (Å²) in [7, 11) is 0. The Kier molecular flexibility index (Phi) is 15.5. The Morgan fingerprint density at radius 1 is 0.789 bits per heavy atom. The quantitative estimate of drug-likeness (QED) is 0.0747. The monoisotopic (exact) mass is 526 g/mol. The average Bonchev–Trinajstić information content (AvgIpc) is 2.94. The van der Waals surface area contributed by atoms with E-state index in [1.54, 1.807) is 24.3 Å². The zero-order valence-electron chi connectivity index (χ0n) is 22.8. The zero-order valence-corrected chi connectivity index (χ0v) is 22.8. The van der Waals surface area contributed by atoms with Crippen LogP contribution in [0.3, 0.4) is 0 Å². The van der Waals surface area contributed by atoms with Crippen molar-refractivity contribution in [2.24, 2.45) is 0 Å². The summed E-state index contributed by atoms with van der Waals surface area (Å²) < 4.78 is 30.2. The van der Waals surface area contributed by atoms with Gasteiger partial charge < -0.3 is 14.2 Å². The first-order chi connectivity index (χ1) is 18.5. The molecule has 0 aliphatic heterocycles. The van der Waals surface area contributed by atoms with Crippen molar-refractivity contribution in [1.82, 2.24) is 0 Å². The van der Waals surface area contributed by atoms with Gasteiger partial charge in [-0.05, 0) is 74.2 Å². The molecule has 0 aliphatic carbocycles. The number of hydrogen-bond acceptors (Lipinski definition) is 5. The highest BCUT2D eigenvalue weighted by atomic mass is 19.1. The standard InChI is InChI=1S/C32H43FO5/c1-3-5-7-9-10-11-12-14-24-36-29-20-16-27(17-21-29)32(35)38-30-22-18-26(19-23-30)31(34)37-25-28(33)15-13-8-6-4-2/h3,16-23,28H,1,4-15,24-25H2,2H3. The Bertz CT molecular complexity index is 939. The zero-order chi connectivity index (χ0) is 27.4. The molecule has 0 amide bonds. The predicted molar refractivity (Wildman–Crippen MR) is 150 cm³/mol. The fourth-order valence-electron chi connectivity index (χ4n) is 3.93. The van der Waals surface area contributed by atoms with Crippen LogP contribution in [-0.4, -0.2) is 31.3 Å². The molecule has 208 valence electrons. The first-order valence-electron chi connectivity index (χ1n) is 14.0. The van der Waals surface area contributed by atoms with E-state index in [2.05, 4.69) is 13.5 Å². The number of benzene rings is 2. The minimum Gasteiger partial charge on any atom is -0.494 e. The number of carbonyl (C=O) groups is 2. The third kappa shape index (κ3) is 12.9. The van der Waals surface area contributed by atoms with Gasteiger partial charge in [0.25, 0.3) is 0 Å². The molecule has 0 aromatic heterocycles. The van der Waals surface area contributed by atoms with Gasteiger partial charge in [-0.25, -0.2) is 14.0 Å². The van der Waals surface area contributed by atoms with Crippen LogP contribution < -0.4 is 9.47 Å². The van der Waals surface area contributed by atoms with Gasteiger partial charge in [-0.1, -0.05) is 64.4 Å². The Labute approximate surface area is 227 Å². The molecule has 0 bridgehead atoms. The summed E-state index contributed by atoms with van der Waals surface area (Å²) in [6.07, 6.45) is 13.3. The summed E-state index contributed by atoms with van der Waals surface area (Å²) in [6.45, 7) is 6.24. The van der Waals surface area contributed by atoms with Gasteiger partial charge in [0, 0.05) is 0 Å². The molecule has 0 saturated carbocycles. The SMILES string of the molecule is C=CCCCCCCCCOc1ccc(C(=O)Oc2ccc(C(=O)OCC(F)CCCCCC)cc2)cc1. The van der Waals surface area contributed by atoms with Crippen molar-refractivity contribution in [2.45, 2.75) is 90.1 Å². The Hall–Kier alpha value is -3.15. The lowest BCUT2D eigenvalue weighted by Crippen LogP contribution is -2.15. The third-order valence-electron chi connectivity index (χ3n) is 6.23. The second-order valence-electron chi connectivity index (χ2n) is 9.53. The van der Waals surface area contributed by atoms with Crippen molar-refractivity contribution in [3.05, 3.63) is 72.3 Å². The predicted octanol–water partition coefficient (Wildman–Crippen LogP) is 8.67. The highest BCUT2D eigenvalue weighted by molar-refractivity contribution is 5.92. The van der Waals surface area contributed by atoms with Crippen molar-refractivity contribution in [2.75, 3.05) is 13.2 Å². The largest absolute Gasteiger partial charge is 0.494 e. The van der Waals surface area contributed by atoms with Gasteiger partial charge in [0.15, 0.2) is 0 Å². The molecule has 0 N–H and O–H groups in total. The molecule has 2 aromatic carbocycles. The van der Waals surface area contributed by atoms with Gasteiger partial charge in [-0.15, -0.1) is 6.58 Å². The number of esters is 2. The molecule has 2 rings (SSSR count). The topological polar surface area (TPSA) is 61.8 Å². The van der Waals surface area contributed by atoms with Crippen LogP contribution in [0, 0.1) is 0 Å². The molecular weight excluding hydrogens is 483 g/mol. The van der Waals surface area contributed by atoms with Crippen LogP contribution in [0.5, 0.6) is 11.5 Å². The molecule has 0 radical (unpaired) electrons.